The summed E-state index contributed by atoms with van der Waals surface area (Å²) in [5.41, 5.74) is -0.0532. The zero-order valence-corrected chi connectivity index (χ0v) is 6.78. The Labute approximate surface area is 69.9 Å². The molecule has 0 amide bonds. The molecule has 0 atom stereocenters. The van der Waals surface area contributed by atoms with E-state index in [1.165, 1.54) is 6.07 Å². The summed E-state index contributed by atoms with van der Waals surface area (Å²) < 4.78 is 0. The second-order valence-electron chi connectivity index (χ2n) is 1.97. The standard InChI is InChI=1S/C5H5NO.C3H6O2/c7-5-3-1-2-4-6-5;1-2-3(4)5/h1-4H,(H,6,7);2H2,1H3,(H,4,5). The minimum absolute atomic E-state index is 0.0532. The van der Waals surface area contributed by atoms with Gasteiger partial charge < -0.3 is 10.1 Å². The third-order valence-corrected chi connectivity index (χ3v) is 0.983. The van der Waals surface area contributed by atoms with Gasteiger partial charge in [-0.1, -0.05) is 13.0 Å². The normalized spacial score (nSPS) is 8.08. The molecule has 0 aliphatic carbocycles. The highest BCUT2D eigenvalue weighted by Crippen LogP contribution is 1.67. The zero-order valence-electron chi connectivity index (χ0n) is 6.78. The van der Waals surface area contributed by atoms with Crippen LogP contribution in [0.1, 0.15) is 13.3 Å². The van der Waals surface area contributed by atoms with Crippen molar-refractivity contribution >= 4 is 5.97 Å². The number of aromatic nitrogens is 1. The second-order valence-corrected chi connectivity index (χ2v) is 1.97. The predicted octanol–water partition coefficient (Wildman–Crippen LogP) is 0.856. The highest BCUT2D eigenvalue weighted by Gasteiger charge is 1.80. The molecule has 0 saturated carbocycles. The molecule has 2 N–H and O–H groups in total. The molecule has 0 saturated heterocycles. The second kappa shape index (κ2) is 6.15. The molecule has 4 nitrogen and oxygen atoms in total. The average Bonchev–Trinajstić information content (AvgIpc) is 2.07. The number of hydrogen-bond donors (Lipinski definition) is 2. The van der Waals surface area contributed by atoms with Crippen LogP contribution in [-0.2, 0) is 4.79 Å². The molecule has 0 fully saturated rings. The highest BCUT2D eigenvalue weighted by atomic mass is 16.4. The molecule has 0 bridgehead atoms. The van der Waals surface area contributed by atoms with Crippen molar-refractivity contribution in [2.45, 2.75) is 13.3 Å². The fourth-order valence-corrected chi connectivity index (χ4v) is 0.377. The minimum atomic E-state index is -0.745. The molecule has 1 heterocycles. The maximum absolute atomic E-state index is 10.2. The molecule has 0 aliphatic rings. The third-order valence-electron chi connectivity index (χ3n) is 0.983. The summed E-state index contributed by atoms with van der Waals surface area (Å²) in [5.74, 6) is -0.745. The van der Waals surface area contributed by atoms with Crippen LogP contribution in [0.25, 0.3) is 0 Å². The van der Waals surface area contributed by atoms with Gasteiger partial charge in [-0.15, -0.1) is 0 Å². The van der Waals surface area contributed by atoms with E-state index in [9.17, 15) is 9.59 Å². The third kappa shape index (κ3) is 6.54. The van der Waals surface area contributed by atoms with E-state index >= 15 is 0 Å². The smallest absolute Gasteiger partial charge is 0.303 e. The van der Waals surface area contributed by atoms with Crippen LogP contribution >= 0.6 is 0 Å². The number of carboxylic acid groups (broad SMARTS) is 1. The molecular weight excluding hydrogens is 158 g/mol. The largest absolute Gasteiger partial charge is 0.481 e. The Balaban J connectivity index is 0.000000217. The summed E-state index contributed by atoms with van der Waals surface area (Å²) in [4.78, 5) is 22.1. The molecule has 0 radical (unpaired) electrons. The van der Waals surface area contributed by atoms with Crippen molar-refractivity contribution in [1.29, 1.82) is 0 Å². The first kappa shape index (κ1) is 10.4. The Bertz CT molecular complexity index is 262. The van der Waals surface area contributed by atoms with Crippen LogP contribution in [0.3, 0.4) is 0 Å². The van der Waals surface area contributed by atoms with Crippen molar-refractivity contribution in [2.75, 3.05) is 0 Å². The van der Waals surface area contributed by atoms with Crippen molar-refractivity contribution < 1.29 is 9.90 Å². The number of pyridine rings is 1. The number of aliphatic carboxylic acids is 1. The van der Waals surface area contributed by atoms with Gasteiger partial charge >= 0.3 is 5.97 Å². The van der Waals surface area contributed by atoms with E-state index in [2.05, 4.69) is 4.98 Å². The van der Waals surface area contributed by atoms with E-state index in [-0.39, 0.29) is 12.0 Å². The van der Waals surface area contributed by atoms with E-state index in [0.717, 1.165) is 0 Å². The lowest BCUT2D eigenvalue weighted by Gasteiger charge is -1.73. The monoisotopic (exact) mass is 169 g/mol. The maximum Gasteiger partial charge on any atom is 0.303 e. The van der Waals surface area contributed by atoms with E-state index in [1.54, 1.807) is 25.3 Å². The summed E-state index contributed by atoms with van der Waals surface area (Å²) in [6.45, 7) is 1.60. The van der Waals surface area contributed by atoms with Crippen LogP contribution in [-0.4, -0.2) is 16.1 Å². The van der Waals surface area contributed by atoms with Gasteiger partial charge in [-0.2, -0.15) is 0 Å². The molecular formula is C8H11NO3. The molecule has 4 heteroatoms. The summed E-state index contributed by atoms with van der Waals surface area (Å²) in [5, 5.41) is 7.72. The topological polar surface area (TPSA) is 70.2 Å². The van der Waals surface area contributed by atoms with Gasteiger partial charge in [0, 0.05) is 18.7 Å². The van der Waals surface area contributed by atoms with Crippen molar-refractivity contribution in [3.8, 4) is 0 Å². The zero-order chi connectivity index (χ0) is 9.40. The van der Waals surface area contributed by atoms with E-state index in [0.29, 0.717) is 0 Å². The van der Waals surface area contributed by atoms with E-state index < -0.39 is 5.97 Å². The van der Waals surface area contributed by atoms with Gasteiger partial charge in [0.2, 0.25) is 5.56 Å². The molecule has 0 aromatic carbocycles. The number of hydrogen-bond acceptors (Lipinski definition) is 2. The Morgan fingerprint density at radius 1 is 1.58 bits per heavy atom. The predicted molar refractivity (Wildman–Crippen MR) is 45.0 cm³/mol. The average molecular weight is 169 g/mol. The quantitative estimate of drug-likeness (QED) is 0.654. The molecule has 1 rings (SSSR count). The first-order chi connectivity index (χ1) is 5.66. The summed E-state index contributed by atoms with van der Waals surface area (Å²) in [6.07, 6.45) is 1.82. The van der Waals surface area contributed by atoms with Crippen molar-refractivity contribution in [1.82, 2.24) is 4.98 Å². The summed E-state index contributed by atoms with van der Waals surface area (Å²) in [7, 11) is 0. The van der Waals surface area contributed by atoms with Crippen molar-refractivity contribution in [3.63, 3.8) is 0 Å². The first-order valence-corrected chi connectivity index (χ1v) is 3.52. The molecule has 1 aromatic heterocycles. The summed E-state index contributed by atoms with van der Waals surface area (Å²) in [6, 6.07) is 4.93. The van der Waals surface area contributed by atoms with Gasteiger partial charge in [-0.25, -0.2) is 0 Å². The van der Waals surface area contributed by atoms with Crippen LogP contribution in [0.2, 0.25) is 0 Å². The fraction of sp³-hybridized carbons (Fsp3) is 0.250. The Hall–Kier alpha value is -1.58. The number of carboxylic acids is 1. The first-order valence-electron chi connectivity index (χ1n) is 3.52. The lowest BCUT2D eigenvalue weighted by atomic mass is 10.5. The van der Waals surface area contributed by atoms with E-state index in [4.69, 9.17) is 5.11 Å². The van der Waals surface area contributed by atoms with Gasteiger partial charge in [0.1, 0.15) is 0 Å². The number of nitrogens with one attached hydrogen (secondary N) is 1. The molecule has 0 unspecified atom stereocenters. The van der Waals surface area contributed by atoms with Crippen LogP contribution in [0.4, 0.5) is 0 Å². The molecule has 66 valence electrons. The van der Waals surface area contributed by atoms with Crippen molar-refractivity contribution in [2.24, 2.45) is 0 Å². The minimum Gasteiger partial charge on any atom is -0.481 e. The van der Waals surface area contributed by atoms with Crippen molar-refractivity contribution in [3.05, 3.63) is 34.7 Å². The number of carbonyl (C=O) groups is 1. The van der Waals surface area contributed by atoms with Crippen LogP contribution in [0.5, 0.6) is 0 Å². The van der Waals surface area contributed by atoms with Gasteiger partial charge in [0.05, 0.1) is 0 Å². The van der Waals surface area contributed by atoms with E-state index in [1.807, 2.05) is 0 Å². The summed E-state index contributed by atoms with van der Waals surface area (Å²) >= 11 is 0. The van der Waals surface area contributed by atoms with Gasteiger partial charge in [0.15, 0.2) is 0 Å². The highest BCUT2D eigenvalue weighted by molar-refractivity contribution is 5.66. The number of aromatic amines is 1. The molecule has 1 aromatic rings. The van der Waals surface area contributed by atoms with Crippen LogP contribution in [0, 0.1) is 0 Å². The maximum atomic E-state index is 10.2. The Morgan fingerprint density at radius 2 is 2.17 bits per heavy atom. The van der Waals surface area contributed by atoms with Gasteiger partial charge in [0.25, 0.3) is 0 Å². The number of H-pyrrole nitrogens is 1. The Morgan fingerprint density at radius 3 is 2.33 bits per heavy atom. The number of rotatable bonds is 1. The van der Waals surface area contributed by atoms with Crippen LogP contribution < -0.4 is 5.56 Å². The molecule has 0 spiro atoms. The van der Waals surface area contributed by atoms with Gasteiger partial charge in [-0.3, -0.25) is 9.59 Å². The fourth-order valence-electron chi connectivity index (χ4n) is 0.377. The molecule has 12 heavy (non-hydrogen) atoms. The Kier molecular flexibility index (Phi) is 5.34. The lowest BCUT2D eigenvalue weighted by molar-refractivity contribution is -0.136. The SMILES string of the molecule is CCC(=O)O.O=c1cccc[nH]1. The van der Waals surface area contributed by atoms with Gasteiger partial charge in [-0.05, 0) is 6.07 Å². The molecule has 0 aliphatic heterocycles. The lowest BCUT2D eigenvalue weighted by Crippen LogP contribution is -1.98. The van der Waals surface area contributed by atoms with Crippen LogP contribution in [0.15, 0.2) is 29.2 Å².